The highest BCUT2D eigenvalue weighted by Gasteiger charge is 2.17. The molecule has 1 atom stereocenters. The van der Waals surface area contributed by atoms with Crippen LogP contribution in [0.3, 0.4) is 0 Å². The molecule has 0 radical (unpaired) electrons. The number of halogens is 1. The predicted molar refractivity (Wildman–Crippen MR) is 71.0 cm³/mol. The van der Waals surface area contributed by atoms with Crippen LogP contribution in [0, 0.1) is 6.92 Å². The zero-order valence-corrected chi connectivity index (χ0v) is 11.4. The summed E-state index contributed by atoms with van der Waals surface area (Å²) >= 11 is 3.55. The average Bonchev–Trinajstić information content (AvgIpc) is 2.80. The number of hydrogen-bond acceptors (Lipinski definition) is 2. The minimum Gasteiger partial charge on any atom is -0.357 e. The smallest absolute Gasteiger partial charge is 0.150 e. The van der Waals surface area contributed by atoms with E-state index in [2.05, 4.69) is 40.2 Å². The van der Waals surface area contributed by atoms with Crippen molar-refractivity contribution in [1.29, 1.82) is 0 Å². The zero-order chi connectivity index (χ0) is 11.8. The van der Waals surface area contributed by atoms with Crippen molar-refractivity contribution in [1.82, 2.24) is 9.78 Å². The minimum absolute atomic E-state index is 0.120. The molecule has 17 heavy (non-hydrogen) atoms. The normalized spacial score (nSPS) is 20.9. The van der Waals surface area contributed by atoms with Crippen molar-refractivity contribution in [2.75, 3.05) is 6.61 Å². The van der Waals surface area contributed by atoms with Crippen molar-refractivity contribution in [3.8, 4) is 0 Å². The molecule has 0 unspecified atom stereocenters. The predicted octanol–water partition coefficient (Wildman–Crippen LogP) is 3.81. The molecule has 0 N–H and O–H groups in total. The summed E-state index contributed by atoms with van der Waals surface area (Å²) in [4.78, 5) is 0. The van der Waals surface area contributed by atoms with Gasteiger partial charge in [-0.3, -0.25) is 0 Å². The molecule has 1 aliphatic heterocycles. The molecule has 3 nitrogen and oxygen atoms in total. The van der Waals surface area contributed by atoms with Gasteiger partial charge in [0.05, 0.1) is 5.52 Å². The molecule has 1 fully saturated rings. The fourth-order valence-corrected chi connectivity index (χ4v) is 2.65. The number of hydrogen-bond donors (Lipinski definition) is 0. The SMILES string of the molecule is Cc1c(Br)ccc2nn([C@H]3CCCCO3)cc12. The largest absolute Gasteiger partial charge is 0.357 e. The number of fused-ring (bicyclic) bond motifs is 1. The summed E-state index contributed by atoms with van der Waals surface area (Å²) in [5.41, 5.74) is 2.28. The zero-order valence-electron chi connectivity index (χ0n) is 9.82. The van der Waals surface area contributed by atoms with Crippen LogP contribution in [-0.2, 0) is 4.74 Å². The Kier molecular flexibility index (Phi) is 2.92. The van der Waals surface area contributed by atoms with Crippen molar-refractivity contribution < 1.29 is 4.74 Å². The van der Waals surface area contributed by atoms with Gasteiger partial charge in [0.2, 0.25) is 0 Å². The quantitative estimate of drug-likeness (QED) is 0.800. The lowest BCUT2D eigenvalue weighted by Gasteiger charge is -2.22. The van der Waals surface area contributed by atoms with Crippen LogP contribution in [-0.4, -0.2) is 16.4 Å². The molecule has 3 rings (SSSR count). The highest BCUT2D eigenvalue weighted by molar-refractivity contribution is 9.10. The standard InChI is InChI=1S/C13H15BrN2O/c1-9-10-8-16(13-4-2-3-7-17-13)15-12(10)6-5-11(9)14/h5-6,8,13H,2-4,7H2,1H3/t13-/m1/s1. The van der Waals surface area contributed by atoms with E-state index in [0.717, 1.165) is 23.0 Å². The van der Waals surface area contributed by atoms with E-state index in [1.54, 1.807) is 0 Å². The van der Waals surface area contributed by atoms with Crippen LogP contribution >= 0.6 is 15.9 Å². The molecule has 1 aliphatic rings. The van der Waals surface area contributed by atoms with E-state index >= 15 is 0 Å². The van der Waals surface area contributed by atoms with E-state index in [1.165, 1.54) is 23.8 Å². The molecular weight excluding hydrogens is 280 g/mol. The second-order valence-electron chi connectivity index (χ2n) is 4.54. The molecule has 0 spiro atoms. The molecule has 0 saturated carbocycles. The third-order valence-corrected chi connectivity index (χ3v) is 4.22. The minimum atomic E-state index is 0.120. The monoisotopic (exact) mass is 294 g/mol. The maximum absolute atomic E-state index is 5.75. The molecule has 2 aromatic rings. The number of aryl methyl sites for hydroxylation is 1. The van der Waals surface area contributed by atoms with Crippen LogP contribution < -0.4 is 0 Å². The number of ether oxygens (including phenoxy) is 1. The average molecular weight is 295 g/mol. The summed E-state index contributed by atoms with van der Waals surface area (Å²) < 4.78 is 8.86. The Balaban J connectivity index is 2.04. The van der Waals surface area contributed by atoms with Gasteiger partial charge in [-0.05, 0) is 43.9 Å². The molecule has 1 aromatic heterocycles. The first kappa shape index (κ1) is 11.2. The Morgan fingerprint density at radius 1 is 1.41 bits per heavy atom. The van der Waals surface area contributed by atoms with E-state index in [4.69, 9.17) is 4.74 Å². The first-order chi connectivity index (χ1) is 8.25. The van der Waals surface area contributed by atoms with Gasteiger partial charge in [0.25, 0.3) is 0 Å². The van der Waals surface area contributed by atoms with Gasteiger partial charge in [0, 0.05) is 22.7 Å². The van der Waals surface area contributed by atoms with Crippen LogP contribution in [0.15, 0.2) is 22.8 Å². The lowest BCUT2D eigenvalue weighted by molar-refractivity contribution is -0.0390. The van der Waals surface area contributed by atoms with Gasteiger partial charge in [0.1, 0.15) is 6.23 Å². The summed E-state index contributed by atoms with van der Waals surface area (Å²) in [7, 11) is 0. The van der Waals surface area contributed by atoms with Gasteiger partial charge in [-0.15, -0.1) is 0 Å². The van der Waals surface area contributed by atoms with E-state index in [1.807, 2.05) is 10.7 Å². The maximum Gasteiger partial charge on any atom is 0.150 e. The Morgan fingerprint density at radius 2 is 2.29 bits per heavy atom. The second kappa shape index (κ2) is 4.42. The molecule has 0 aliphatic carbocycles. The lowest BCUT2D eigenvalue weighted by Crippen LogP contribution is -2.18. The van der Waals surface area contributed by atoms with Crippen molar-refractivity contribution in [2.24, 2.45) is 0 Å². The van der Waals surface area contributed by atoms with Gasteiger partial charge >= 0.3 is 0 Å². The van der Waals surface area contributed by atoms with Crippen molar-refractivity contribution in [3.63, 3.8) is 0 Å². The molecule has 0 bridgehead atoms. The summed E-state index contributed by atoms with van der Waals surface area (Å²) in [6.45, 7) is 2.96. The number of aromatic nitrogens is 2. The lowest BCUT2D eigenvalue weighted by atomic mass is 10.1. The highest BCUT2D eigenvalue weighted by atomic mass is 79.9. The first-order valence-corrected chi connectivity index (χ1v) is 6.80. The Bertz CT molecular complexity index is 544. The van der Waals surface area contributed by atoms with E-state index in [9.17, 15) is 0 Å². The summed E-state index contributed by atoms with van der Waals surface area (Å²) in [6.07, 6.45) is 5.68. The topological polar surface area (TPSA) is 27.1 Å². The van der Waals surface area contributed by atoms with Crippen LogP contribution in [0.2, 0.25) is 0 Å². The van der Waals surface area contributed by atoms with Crippen LogP contribution in [0.4, 0.5) is 0 Å². The molecule has 1 saturated heterocycles. The highest BCUT2D eigenvalue weighted by Crippen LogP contribution is 2.28. The molecule has 4 heteroatoms. The Labute approximate surface area is 109 Å². The van der Waals surface area contributed by atoms with Crippen LogP contribution in [0.1, 0.15) is 31.1 Å². The fourth-order valence-electron chi connectivity index (χ4n) is 2.30. The third kappa shape index (κ3) is 2.00. The van der Waals surface area contributed by atoms with Crippen LogP contribution in [0.25, 0.3) is 10.9 Å². The van der Waals surface area contributed by atoms with Crippen LogP contribution in [0.5, 0.6) is 0 Å². The van der Waals surface area contributed by atoms with Crippen molar-refractivity contribution in [2.45, 2.75) is 32.4 Å². The molecular formula is C13H15BrN2O. The molecule has 90 valence electrons. The van der Waals surface area contributed by atoms with Gasteiger partial charge in [-0.2, -0.15) is 5.10 Å². The number of rotatable bonds is 1. The van der Waals surface area contributed by atoms with Crippen molar-refractivity contribution >= 4 is 26.8 Å². The fraction of sp³-hybridized carbons (Fsp3) is 0.462. The Hall–Kier alpha value is -0.870. The number of benzene rings is 1. The summed E-state index contributed by atoms with van der Waals surface area (Å²) in [6, 6.07) is 4.10. The molecule has 1 aromatic carbocycles. The first-order valence-electron chi connectivity index (χ1n) is 6.01. The van der Waals surface area contributed by atoms with E-state index < -0.39 is 0 Å². The second-order valence-corrected chi connectivity index (χ2v) is 5.39. The van der Waals surface area contributed by atoms with Gasteiger partial charge in [-0.1, -0.05) is 15.9 Å². The van der Waals surface area contributed by atoms with Gasteiger partial charge in [0.15, 0.2) is 0 Å². The van der Waals surface area contributed by atoms with E-state index in [0.29, 0.717) is 0 Å². The maximum atomic E-state index is 5.75. The Morgan fingerprint density at radius 3 is 3.06 bits per heavy atom. The summed E-state index contributed by atoms with van der Waals surface area (Å²) in [5, 5.41) is 5.81. The van der Waals surface area contributed by atoms with E-state index in [-0.39, 0.29) is 6.23 Å². The van der Waals surface area contributed by atoms with Gasteiger partial charge < -0.3 is 4.74 Å². The number of nitrogens with zero attached hydrogens (tertiary/aromatic N) is 2. The molecule has 0 amide bonds. The third-order valence-electron chi connectivity index (χ3n) is 3.36. The molecule has 2 heterocycles. The van der Waals surface area contributed by atoms with Gasteiger partial charge in [-0.25, -0.2) is 4.68 Å². The van der Waals surface area contributed by atoms with Crippen molar-refractivity contribution in [3.05, 3.63) is 28.4 Å². The summed E-state index contributed by atoms with van der Waals surface area (Å²) in [5.74, 6) is 0.